The van der Waals surface area contributed by atoms with Crippen molar-refractivity contribution in [1.29, 1.82) is 0 Å². The fourth-order valence-corrected chi connectivity index (χ4v) is 3.55. The van der Waals surface area contributed by atoms with E-state index in [9.17, 15) is 23.5 Å². The van der Waals surface area contributed by atoms with Crippen LogP contribution in [0.4, 0.5) is 8.78 Å². The molecule has 2 amide bonds. The van der Waals surface area contributed by atoms with Gasteiger partial charge in [-0.05, 0) is 30.4 Å². The Bertz CT molecular complexity index is 636. The number of aliphatic hydroxyl groups is 1. The van der Waals surface area contributed by atoms with Crippen LogP contribution in [0, 0.1) is 11.8 Å². The zero-order valence-electron chi connectivity index (χ0n) is 15.8. The van der Waals surface area contributed by atoms with Crippen LogP contribution in [0.3, 0.4) is 0 Å². The molecule has 0 spiro atoms. The largest absolute Gasteiger partial charge is 0.434 e. The van der Waals surface area contributed by atoms with E-state index < -0.39 is 18.4 Å². The highest BCUT2D eigenvalue weighted by Crippen LogP contribution is 2.28. The zero-order chi connectivity index (χ0) is 20.4. The van der Waals surface area contributed by atoms with Crippen LogP contribution in [0.2, 0.25) is 0 Å². The third kappa shape index (κ3) is 7.42. The summed E-state index contributed by atoms with van der Waals surface area (Å²) in [5, 5.41) is 14.7. The first-order valence-electron chi connectivity index (χ1n) is 9.69. The number of nitrogens with one attached hydrogen (secondary N) is 2. The summed E-state index contributed by atoms with van der Waals surface area (Å²) in [6.45, 7) is -2.99. The number of benzene rings is 1. The van der Waals surface area contributed by atoms with Crippen molar-refractivity contribution in [2.75, 3.05) is 19.7 Å². The van der Waals surface area contributed by atoms with Crippen molar-refractivity contribution in [3.8, 4) is 5.75 Å². The Labute approximate surface area is 163 Å². The number of alkyl halides is 2. The van der Waals surface area contributed by atoms with Gasteiger partial charge in [-0.2, -0.15) is 8.78 Å². The number of carbonyl (C=O) groups is 2. The van der Waals surface area contributed by atoms with Gasteiger partial charge in [-0.25, -0.2) is 0 Å². The third-order valence-electron chi connectivity index (χ3n) is 4.99. The van der Waals surface area contributed by atoms with Crippen LogP contribution in [-0.4, -0.2) is 43.2 Å². The molecule has 0 aliphatic heterocycles. The van der Waals surface area contributed by atoms with E-state index in [1.807, 2.05) is 0 Å². The number of carbonyl (C=O) groups excluding carboxylic acids is 2. The van der Waals surface area contributed by atoms with Gasteiger partial charge in [0.15, 0.2) is 0 Å². The molecule has 1 fully saturated rings. The number of halogens is 2. The lowest BCUT2D eigenvalue weighted by molar-refractivity contribution is -0.120. The van der Waals surface area contributed by atoms with Gasteiger partial charge in [0.2, 0.25) is 5.91 Å². The van der Waals surface area contributed by atoms with Gasteiger partial charge in [-0.15, -0.1) is 0 Å². The van der Waals surface area contributed by atoms with Crippen molar-refractivity contribution < 1.29 is 28.2 Å². The minimum absolute atomic E-state index is 0.00147. The average Bonchev–Trinajstić information content (AvgIpc) is 2.70. The summed E-state index contributed by atoms with van der Waals surface area (Å²) in [7, 11) is 0. The van der Waals surface area contributed by atoms with Gasteiger partial charge < -0.3 is 20.5 Å². The Kier molecular flexibility index (Phi) is 9.13. The van der Waals surface area contributed by atoms with E-state index in [-0.39, 0.29) is 30.4 Å². The molecular formula is C20H28F2N2O4. The van der Waals surface area contributed by atoms with E-state index in [2.05, 4.69) is 15.4 Å². The van der Waals surface area contributed by atoms with Crippen LogP contribution in [0.25, 0.3) is 0 Å². The summed E-state index contributed by atoms with van der Waals surface area (Å²) in [6, 6.07) is 5.60. The zero-order valence-corrected chi connectivity index (χ0v) is 15.8. The molecule has 1 aromatic rings. The number of rotatable bonds is 10. The Morgan fingerprint density at radius 1 is 1.14 bits per heavy atom. The maximum atomic E-state index is 12.4. The molecule has 1 unspecified atom stereocenters. The second-order valence-electron chi connectivity index (χ2n) is 7.15. The number of hydrogen-bond acceptors (Lipinski definition) is 4. The molecule has 0 radical (unpaired) electrons. The standard InChI is InChI=1S/C20H28F2N2O4/c21-20(22)28-17-9-5-4-8-16(17)19(27)24-12-18(26)23-11-15(13-25)10-14-6-2-1-3-7-14/h4-5,8-9,14-15,20,25H,1-3,6-7,10-13H2,(H,23,26)(H,24,27). The molecule has 3 N–H and O–H groups in total. The molecule has 1 aliphatic rings. The van der Waals surface area contributed by atoms with Crippen LogP contribution in [0.1, 0.15) is 48.9 Å². The Balaban J connectivity index is 1.76. The Morgan fingerprint density at radius 2 is 1.86 bits per heavy atom. The van der Waals surface area contributed by atoms with Crippen LogP contribution < -0.4 is 15.4 Å². The number of amides is 2. The second-order valence-corrected chi connectivity index (χ2v) is 7.15. The summed E-state index contributed by atoms with van der Waals surface area (Å²) in [5.74, 6) is -0.741. The van der Waals surface area contributed by atoms with Gasteiger partial charge >= 0.3 is 6.61 Å². The van der Waals surface area contributed by atoms with Gasteiger partial charge in [0.1, 0.15) is 5.75 Å². The van der Waals surface area contributed by atoms with Gasteiger partial charge in [0.25, 0.3) is 5.91 Å². The molecule has 8 heteroatoms. The van der Waals surface area contributed by atoms with Gasteiger partial charge in [0.05, 0.1) is 12.1 Å². The highest BCUT2D eigenvalue weighted by molar-refractivity contribution is 5.98. The monoisotopic (exact) mass is 398 g/mol. The van der Waals surface area contributed by atoms with Crippen molar-refractivity contribution in [3.63, 3.8) is 0 Å². The smallest absolute Gasteiger partial charge is 0.387 e. The molecule has 1 aromatic carbocycles. The minimum atomic E-state index is -3.04. The van der Waals surface area contributed by atoms with E-state index in [1.165, 1.54) is 56.4 Å². The SMILES string of the molecule is O=C(CNC(=O)c1ccccc1OC(F)F)NCC(CO)CC1CCCCC1. The lowest BCUT2D eigenvalue weighted by Crippen LogP contribution is -2.39. The predicted octanol–water partition coefficient (Wildman–Crippen LogP) is 2.71. The maximum absolute atomic E-state index is 12.4. The topological polar surface area (TPSA) is 87.7 Å². The number of ether oxygens (including phenoxy) is 1. The summed E-state index contributed by atoms with van der Waals surface area (Å²) in [5.41, 5.74) is -0.0684. The normalized spacial score (nSPS) is 15.9. The number of para-hydroxylation sites is 1. The van der Waals surface area contributed by atoms with Crippen molar-refractivity contribution in [1.82, 2.24) is 10.6 Å². The molecule has 28 heavy (non-hydrogen) atoms. The molecule has 1 aliphatic carbocycles. The third-order valence-corrected chi connectivity index (χ3v) is 4.99. The van der Waals surface area contributed by atoms with Gasteiger partial charge in [-0.1, -0.05) is 44.2 Å². The Morgan fingerprint density at radius 3 is 2.54 bits per heavy atom. The minimum Gasteiger partial charge on any atom is -0.434 e. The molecule has 1 atom stereocenters. The number of aliphatic hydroxyl groups excluding tert-OH is 1. The lowest BCUT2D eigenvalue weighted by atomic mass is 9.83. The lowest BCUT2D eigenvalue weighted by Gasteiger charge is -2.25. The van der Waals surface area contributed by atoms with Crippen molar-refractivity contribution >= 4 is 11.8 Å². The number of hydrogen-bond donors (Lipinski definition) is 3. The first kappa shape index (κ1) is 22.1. The van der Waals surface area contributed by atoms with Crippen molar-refractivity contribution in [2.45, 2.75) is 45.1 Å². The molecule has 6 nitrogen and oxygen atoms in total. The predicted molar refractivity (Wildman–Crippen MR) is 100 cm³/mol. The summed E-state index contributed by atoms with van der Waals surface area (Å²) >= 11 is 0. The fraction of sp³-hybridized carbons (Fsp3) is 0.600. The van der Waals surface area contributed by atoms with E-state index in [1.54, 1.807) is 0 Å². The molecule has 0 saturated heterocycles. The molecule has 2 rings (SSSR count). The fourth-order valence-electron chi connectivity index (χ4n) is 3.55. The first-order valence-corrected chi connectivity index (χ1v) is 9.69. The molecule has 0 aromatic heterocycles. The van der Waals surface area contributed by atoms with Crippen LogP contribution >= 0.6 is 0 Å². The van der Waals surface area contributed by atoms with Gasteiger partial charge in [0, 0.05) is 13.2 Å². The van der Waals surface area contributed by atoms with E-state index >= 15 is 0 Å². The van der Waals surface area contributed by atoms with Crippen LogP contribution in [0.5, 0.6) is 5.75 Å². The van der Waals surface area contributed by atoms with E-state index in [4.69, 9.17) is 0 Å². The maximum Gasteiger partial charge on any atom is 0.387 e. The second kappa shape index (κ2) is 11.6. The average molecular weight is 398 g/mol. The van der Waals surface area contributed by atoms with Crippen molar-refractivity contribution in [3.05, 3.63) is 29.8 Å². The van der Waals surface area contributed by atoms with Gasteiger partial charge in [-0.3, -0.25) is 9.59 Å². The summed E-state index contributed by atoms with van der Waals surface area (Å²) < 4.78 is 29.2. The molecule has 156 valence electrons. The highest BCUT2D eigenvalue weighted by atomic mass is 19.3. The summed E-state index contributed by atoms with van der Waals surface area (Å²) in [4.78, 5) is 24.1. The highest BCUT2D eigenvalue weighted by Gasteiger charge is 2.20. The Hall–Kier alpha value is -2.22. The molecular weight excluding hydrogens is 370 g/mol. The molecule has 0 bridgehead atoms. The molecule has 1 saturated carbocycles. The van der Waals surface area contributed by atoms with Crippen molar-refractivity contribution in [2.24, 2.45) is 11.8 Å². The molecule has 0 heterocycles. The first-order chi connectivity index (χ1) is 13.5. The van der Waals surface area contributed by atoms with E-state index in [0.717, 1.165) is 6.42 Å². The van der Waals surface area contributed by atoms with E-state index in [0.29, 0.717) is 12.5 Å². The quantitative estimate of drug-likeness (QED) is 0.566. The summed E-state index contributed by atoms with van der Waals surface area (Å²) in [6.07, 6.45) is 6.92. The van der Waals surface area contributed by atoms with Crippen LogP contribution in [0.15, 0.2) is 24.3 Å². The van der Waals surface area contributed by atoms with Crippen LogP contribution in [-0.2, 0) is 4.79 Å².